The summed E-state index contributed by atoms with van der Waals surface area (Å²) in [4.78, 5) is 2.54. The molecule has 1 aromatic carbocycles. The zero-order chi connectivity index (χ0) is 14.7. The van der Waals surface area contributed by atoms with Crippen LogP contribution in [-0.4, -0.2) is 37.7 Å². The molecule has 114 valence electrons. The highest BCUT2D eigenvalue weighted by molar-refractivity contribution is 6.32. The van der Waals surface area contributed by atoms with Crippen LogP contribution >= 0.6 is 11.6 Å². The summed E-state index contributed by atoms with van der Waals surface area (Å²) >= 11 is 6.28. The minimum atomic E-state index is 0.487. The molecule has 0 bridgehead atoms. The number of hydrogen-bond donors (Lipinski definition) is 1. The van der Waals surface area contributed by atoms with Crippen LogP contribution in [0.15, 0.2) is 30.9 Å². The molecule has 2 fully saturated rings. The van der Waals surface area contributed by atoms with E-state index >= 15 is 0 Å². The molecule has 0 saturated carbocycles. The van der Waals surface area contributed by atoms with Crippen molar-refractivity contribution in [2.75, 3.05) is 32.8 Å². The maximum atomic E-state index is 6.28. The van der Waals surface area contributed by atoms with E-state index in [0.717, 1.165) is 12.3 Å². The van der Waals surface area contributed by atoms with Gasteiger partial charge in [-0.2, -0.15) is 0 Å². The molecule has 0 amide bonds. The van der Waals surface area contributed by atoms with Gasteiger partial charge in [-0.25, -0.2) is 0 Å². The minimum absolute atomic E-state index is 0.487. The highest BCUT2D eigenvalue weighted by atomic mass is 35.5. The van der Waals surface area contributed by atoms with Crippen LogP contribution in [0.2, 0.25) is 5.02 Å². The van der Waals surface area contributed by atoms with Gasteiger partial charge in [-0.1, -0.05) is 30.3 Å². The normalized spacial score (nSPS) is 25.6. The number of likely N-dealkylation sites (tertiary alicyclic amines) is 1. The molecule has 0 aromatic heterocycles. The Hall–Kier alpha value is -1.03. The SMILES string of the molecule is C=CCOc1ccc(CN2CCC3(CCNC3)C2)cc1Cl. The molecule has 1 unspecified atom stereocenters. The molecule has 2 saturated heterocycles. The lowest BCUT2D eigenvalue weighted by molar-refractivity contribution is 0.268. The molecule has 0 aliphatic carbocycles. The van der Waals surface area contributed by atoms with Crippen molar-refractivity contribution in [2.24, 2.45) is 5.41 Å². The van der Waals surface area contributed by atoms with Gasteiger partial charge in [0.15, 0.2) is 0 Å². The van der Waals surface area contributed by atoms with E-state index in [1.807, 2.05) is 12.1 Å². The molecular weight excluding hydrogens is 284 g/mol. The summed E-state index contributed by atoms with van der Waals surface area (Å²) in [6.07, 6.45) is 4.36. The largest absolute Gasteiger partial charge is 0.488 e. The van der Waals surface area contributed by atoms with Gasteiger partial charge < -0.3 is 10.1 Å². The van der Waals surface area contributed by atoms with Crippen molar-refractivity contribution in [3.05, 3.63) is 41.4 Å². The van der Waals surface area contributed by atoms with Crippen molar-refractivity contribution in [3.8, 4) is 5.75 Å². The second kappa shape index (κ2) is 6.39. The topological polar surface area (TPSA) is 24.5 Å². The molecule has 3 rings (SSSR count). The van der Waals surface area contributed by atoms with Gasteiger partial charge in [-0.3, -0.25) is 4.90 Å². The Morgan fingerprint density at radius 2 is 2.33 bits per heavy atom. The second-order valence-electron chi connectivity index (χ2n) is 6.25. The molecule has 1 N–H and O–H groups in total. The maximum absolute atomic E-state index is 6.28. The van der Waals surface area contributed by atoms with Crippen molar-refractivity contribution in [2.45, 2.75) is 19.4 Å². The van der Waals surface area contributed by atoms with Crippen LogP contribution in [0.1, 0.15) is 18.4 Å². The third-order valence-electron chi connectivity index (χ3n) is 4.61. The standard InChI is InChI=1S/C17H23ClN2O/c1-2-9-21-16-4-3-14(10-15(16)18)11-20-8-6-17(13-20)5-7-19-12-17/h2-4,10,19H,1,5-9,11-13H2. The fraction of sp³-hybridized carbons (Fsp3) is 0.529. The summed E-state index contributed by atoms with van der Waals surface area (Å²) in [6.45, 7) is 9.85. The number of benzene rings is 1. The third kappa shape index (κ3) is 3.42. The van der Waals surface area contributed by atoms with E-state index in [1.54, 1.807) is 6.08 Å². The van der Waals surface area contributed by atoms with Gasteiger partial charge in [0, 0.05) is 19.6 Å². The van der Waals surface area contributed by atoms with Gasteiger partial charge in [0.25, 0.3) is 0 Å². The fourth-order valence-corrected chi connectivity index (χ4v) is 3.73. The van der Waals surface area contributed by atoms with E-state index < -0.39 is 0 Å². The number of hydrogen-bond acceptors (Lipinski definition) is 3. The summed E-state index contributed by atoms with van der Waals surface area (Å²) in [5.41, 5.74) is 1.78. The first-order valence-electron chi connectivity index (χ1n) is 7.66. The molecule has 0 radical (unpaired) electrons. The predicted octanol–water partition coefficient (Wildman–Crippen LogP) is 3.09. The smallest absolute Gasteiger partial charge is 0.138 e. The highest BCUT2D eigenvalue weighted by Crippen LogP contribution is 2.37. The molecule has 1 spiro atoms. The van der Waals surface area contributed by atoms with Crippen LogP contribution in [0, 0.1) is 5.41 Å². The Morgan fingerprint density at radius 3 is 3.05 bits per heavy atom. The van der Waals surface area contributed by atoms with E-state index in [1.165, 1.54) is 44.6 Å². The van der Waals surface area contributed by atoms with Crippen molar-refractivity contribution in [1.82, 2.24) is 10.2 Å². The summed E-state index contributed by atoms with van der Waals surface area (Å²) in [5, 5.41) is 4.19. The Bertz CT molecular complexity index is 512. The Balaban J connectivity index is 1.60. The second-order valence-corrected chi connectivity index (χ2v) is 6.66. The van der Waals surface area contributed by atoms with Crippen molar-refractivity contribution >= 4 is 11.6 Å². The number of rotatable bonds is 5. The first kappa shape index (κ1) is 14.9. The Kier molecular flexibility index (Phi) is 4.53. The average molecular weight is 307 g/mol. The first-order valence-corrected chi connectivity index (χ1v) is 8.04. The maximum Gasteiger partial charge on any atom is 0.138 e. The molecule has 1 aromatic rings. The molecule has 21 heavy (non-hydrogen) atoms. The molecular formula is C17H23ClN2O. The summed E-state index contributed by atoms with van der Waals surface area (Å²) in [6, 6.07) is 6.10. The number of ether oxygens (including phenoxy) is 1. The first-order chi connectivity index (χ1) is 10.2. The van der Waals surface area contributed by atoms with Crippen LogP contribution in [-0.2, 0) is 6.54 Å². The Morgan fingerprint density at radius 1 is 1.43 bits per heavy atom. The van der Waals surface area contributed by atoms with Crippen LogP contribution in [0.3, 0.4) is 0 Å². The number of nitrogens with one attached hydrogen (secondary N) is 1. The van der Waals surface area contributed by atoms with Crippen LogP contribution in [0.25, 0.3) is 0 Å². The average Bonchev–Trinajstić information content (AvgIpc) is 3.09. The van der Waals surface area contributed by atoms with Gasteiger partial charge in [0.2, 0.25) is 0 Å². The lowest BCUT2D eigenvalue weighted by Crippen LogP contribution is -2.28. The summed E-state index contributed by atoms with van der Waals surface area (Å²) in [5.74, 6) is 0.734. The van der Waals surface area contributed by atoms with E-state index in [0.29, 0.717) is 17.0 Å². The van der Waals surface area contributed by atoms with Gasteiger partial charge in [-0.15, -0.1) is 0 Å². The molecule has 2 aliphatic rings. The van der Waals surface area contributed by atoms with Gasteiger partial charge in [-0.05, 0) is 49.0 Å². The minimum Gasteiger partial charge on any atom is -0.488 e. The molecule has 3 nitrogen and oxygen atoms in total. The third-order valence-corrected chi connectivity index (χ3v) is 4.90. The molecule has 2 aliphatic heterocycles. The van der Waals surface area contributed by atoms with E-state index in [-0.39, 0.29) is 0 Å². The van der Waals surface area contributed by atoms with Crippen LogP contribution in [0.4, 0.5) is 0 Å². The zero-order valence-corrected chi connectivity index (χ0v) is 13.2. The summed E-state index contributed by atoms with van der Waals surface area (Å²) in [7, 11) is 0. The predicted molar refractivity (Wildman–Crippen MR) is 87.0 cm³/mol. The summed E-state index contributed by atoms with van der Waals surface area (Å²) < 4.78 is 5.52. The van der Waals surface area contributed by atoms with Gasteiger partial charge >= 0.3 is 0 Å². The number of nitrogens with zero attached hydrogens (tertiary/aromatic N) is 1. The van der Waals surface area contributed by atoms with Crippen molar-refractivity contribution < 1.29 is 4.74 Å². The highest BCUT2D eigenvalue weighted by Gasteiger charge is 2.39. The van der Waals surface area contributed by atoms with Crippen LogP contribution < -0.4 is 10.1 Å². The fourth-order valence-electron chi connectivity index (χ4n) is 3.47. The lowest BCUT2D eigenvalue weighted by Gasteiger charge is -2.23. The van der Waals surface area contributed by atoms with E-state index in [2.05, 4.69) is 22.9 Å². The van der Waals surface area contributed by atoms with E-state index in [4.69, 9.17) is 16.3 Å². The monoisotopic (exact) mass is 306 g/mol. The van der Waals surface area contributed by atoms with Gasteiger partial charge in [0.05, 0.1) is 5.02 Å². The van der Waals surface area contributed by atoms with Crippen LogP contribution in [0.5, 0.6) is 5.75 Å². The lowest BCUT2D eigenvalue weighted by atomic mass is 9.86. The van der Waals surface area contributed by atoms with Crippen molar-refractivity contribution in [1.29, 1.82) is 0 Å². The Labute approximate surface area is 131 Å². The van der Waals surface area contributed by atoms with Crippen molar-refractivity contribution in [3.63, 3.8) is 0 Å². The molecule has 4 heteroatoms. The van der Waals surface area contributed by atoms with Gasteiger partial charge in [0.1, 0.15) is 12.4 Å². The molecule has 1 atom stereocenters. The molecule has 2 heterocycles. The van der Waals surface area contributed by atoms with E-state index in [9.17, 15) is 0 Å². The zero-order valence-electron chi connectivity index (χ0n) is 12.4. The quantitative estimate of drug-likeness (QED) is 0.846. The number of halogens is 1.